The Balaban J connectivity index is -0.0000000450. The van der Waals surface area contributed by atoms with Crippen molar-refractivity contribution in [2.45, 2.75) is 13.3 Å². The van der Waals surface area contributed by atoms with Crippen LogP contribution in [0.4, 0.5) is 0 Å². The third-order valence-electron chi connectivity index (χ3n) is 0.167. The van der Waals surface area contributed by atoms with Gasteiger partial charge >= 0.3 is 48.9 Å². The first kappa shape index (κ1) is 15.7. The van der Waals surface area contributed by atoms with Gasteiger partial charge in [-0.3, -0.25) is 0 Å². The summed E-state index contributed by atoms with van der Waals surface area (Å²) in [5, 5.41) is 0. The van der Waals surface area contributed by atoms with Gasteiger partial charge in [-0.15, -0.1) is 0 Å². The van der Waals surface area contributed by atoms with Gasteiger partial charge in [-0.1, -0.05) is 6.92 Å². The summed E-state index contributed by atoms with van der Waals surface area (Å²) < 4.78 is 0. The molecule has 0 aliphatic carbocycles. The van der Waals surface area contributed by atoms with E-state index in [4.69, 9.17) is 0 Å². The van der Waals surface area contributed by atoms with Gasteiger partial charge in [0, 0.05) is 28.1 Å². The van der Waals surface area contributed by atoms with Crippen LogP contribution in [0.5, 0.6) is 0 Å². The Morgan fingerprint density at radius 2 is 1.83 bits per heavy atom. The second-order valence-electron chi connectivity index (χ2n) is 0.575. The summed E-state index contributed by atoms with van der Waals surface area (Å²) in [5.74, 6) is 0. The van der Waals surface area contributed by atoms with E-state index in [1.54, 1.807) is 0 Å². The first-order valence-corrected chi connectivity index (χ1v) is 1.35. The summed E-state index contributed by atoms with van der Waals surface area (Å²) in [5.41, 5.74) is 0. The fourth-order valence-electron chi connectivity index (χ4n) is 0. The Bertz CT molecular complexity index is 24.8. The number of hydrogen-bond donors (Lipinski definition) is 0. The molecular weight excluding hydrogens is 237 g/mol. The molecule has 0 aliphatic rings. The Labute approximate surface area is 93.2 Å². The molecule has 0 radical (unpaired) electrons. The summed E-state index contributed by atoms with van der Waals surface area (Å²) in [6, 6.07) is 0. The van der Waals surface area contributed by atoms with Crippen LogP contribution in [0.1, 0.15) is 13.3 Å². The first-order chi connectivity index (χ1) is 1.91. The zero-order chi connectivity index (χ0) is 3.41. The predicted molar refractivity (Wildman–Crippen MR) is 24.9 cm³/mol. The third-order valence-corrected chi connectivity index (χ3v) is 0.167. The second-order valence-corrected chi connectivity index (χ2v) is 0.575. The van der Waals surface area contributed by atoms with Gasteiger partial charge in [-0.05, 0) is 0 Å². The SMILES string of the molecule is CCC=O.[BaH2].[Ti]. The Kier molecular flexibility index (Phi) is 41.2. The van der Waals surface area contributed by atoms with Crippen LogP contribution >= 0.6 is 0 Å². The predicted octanol–water partition coefficient (Wildman–Crippen LogP) is -0.323. The summed E-state index contributed by atoms with van der Waals surface area (Å²) in [4.78, 5) is 9.17. The number of carbonyl (C=O) groups is 1. The number of carbonyl (C=O) groups excluding carboxylic acids is 1. The van der Waals surface area contributed by atoms with Crippen LogP contribution in [0.2, 0.25) is 0 Å². The quantitative estimate of drug-likeness (QED) is 0.457. The normalized spacial score (nSPS) is 4.17. The monoisotopic (exact) mass is 246 g/mol. The number of aldehydes is 1. The molecule has 0 spiro atoms. The molecule has 6 heavy (non-hydrogen) atoms. The third kappa shape index (κ3) is 16.7. The van der Waals surface area contributed by atoms with Crippen molar-refractivity contribution in [2.75, 3.05) is 0 Å². The summed E-state index contributed by atoms with van der Waals surface area (Å²) in [6.07, 6.45) is 1.51. The summed E-state index contributed by atoms with van der Waals surface area (Å²) in [6.45, 7) is 1.81. The molecule has 0 amide bonds. The summed E-state index contributed by atoms with van der Waals surface area (Å²) >= 11 is 0. The van der Waals surface area contributed by atoms with E-state index in [9.17, 15) is 4.79 Å². The van der Waals surface area contributed by atoms with Crippen molar-refractivity contribution < 1.29 is 26.5 Å². The molecule has 0 fully saturated rings. The van der Waals surface area contributed by atoms with Gasteiger partial charge in [0.15, 0.2) is 0 Å². The van der Waals surface area contributed by atoms with Crippen LogP contribution in [-0.2, 0) is 26.5 Å². The first-order valence-electron chi connectivity index (χ1n) is 1.35. The fourth-order valence-corrected chi connectivity index (χ4v) is 0. The molecule has 32 valence electrons. The molecule has 0 aromatic carbocycles. The number of hydrogen-bond acceptors (Lipinski definition) is 1. The zero-order valence-electron chi connectivity index (χ0n) is 3.19. The smallest absolute Gasteiger partial charge is 0 e. The molecule has 1 nitrogen and oxygen atoms in total. The average Bonchev–Trinajstić information content (AvgIpc) is 1.37. The van der Waals surface area contributed by atoms with Gasteiger partial charge in [0.1, 0.15) is 6.29 Å². The molecule has 0 saturated carbocycles. The van der Waals surface area contributed by atoms with Crippen molar-refractivity contribution in [3.05, 3.63) is 0 Å². The molecule has 0 aromatic rings. The van der Waals surface area contributed by atoms with E-state index in [1.165, 1.54) is 0 Å². The largest absolute Gasteiger partial charge is 0 e. The minimum Gasteiger partial charge on any atom is 0 e. The van der Waals surface area contributed by atoms with E-state index in [2.05, 4.69) is 0 Å². The van der Waals surface area contributed by atoms with E-state index < -0.39 is 0 Å². The van der Waals surface area contributed by atoms with Crippen LogP contribution in [0.3, 0.4) is 0 Å². The van der Waals surface area contributed by atoms with Crippen molar-refractivity contribution in [2.24, 2.45) is 0 Å². The topological polar surface area (TPSA) is 17.1 Å². The molecule has 0 bridgehead atoms. The Morgan fingerprint density at radius 1 is 1.67 bits per heavy atom. The maximum Gasteiger partial charge on any atom is 0 e. The van der Waals surface area contributed by atoms with Crippen LogP contribution in [-0.4, -0.2) is 55.2 Å². The van der Waals surface area contributed by atoms with Crippen LogP contribution in [0.25, 0.3) is 0 Å². The molecule has 0 aliphatic heterocycles. The molecule has 3 heteroatoms. The minimum atomic E-state index is 0. The van der Waals surface area contributed by atoms with Gasteiger partial charge in [-0.25, -0.2) is 0 Å². The van der Waals surface area contributed by atoms with Gasteiger partial charge in [-0.2, -0.15) is 0 Å². The van der Waals surface area contributed by atoms with Gasteiger partial charge in [0.2, 0.25) is 0 Å². The summed E-state index contributed by atoms with van der Waals surface area (Å²) in [7, 11) is 0. The van der Waals surface area contributed by atoms with Gasteiger partial charge in [0.25, 0.3) is 0 Å². The molecule has 0 saturated heterocycles. The number of rotatable bonds is 1. The van der Waals surface area contributed by atoms with Crippen LogP contribution in [0, 0.1) is 0 Å². The molecule has 0 N–H and O–H groups in total. The van der Waals surface area contributed by atoms with Gasteiger partial charge < -0.3 is 4.79 Å². The fraction of sp³-hybridized carbons (Fsp3) is 0.667. The van der Waals surface area contributed by atoms with E-state index in [0.29, 0.717) is 6.42 Å². The zero-order valence-corrected chi connectivity index (χ0v) is 4.75. The van der Waals surface area contributed by atoms with E-state index in [-0.39, 0.29) is 70.6 Å². The second kappa shape index (κ2) is 15.8. The van der Waals surface area contributed by atoms with Crippen LogP contribution < -0.4 is 0 Å². The van der Waals surface area contributed by atoms with E-state index >= 15 is 0 Å². The molecular formula is C3H8BaOTi. The van der Waals surface area contributed by atoms with Crippen molar-refractivity contribution >= 4 is 55.2 Å². The molecule has 0 aromatic heterocycles. The van der Waals surface area contributed by atoms with E-state index in [1.807, 2.05) is 6.92 Å². The van der Waals surface area contributed by atoms with Crippen molar-refractivity contribution in [1.82, 2.24) is 0 Å². The van der Waals surface area contributed by atoms with Crippen molar-refractivity contribution in [3.8, 4) is 0 Å². The van der Waals surface area contributed by atoms with E-state index in [0.717, 1.165) is 6.29 Å². The maximum atomic E-state index is 9.17. The van der Waals surface area contributed by atoms with Crippen molar-refractivity contribution in [3.63, 3.8) is 0 Å². The average molecular weight is 245 g/mol. The Morgan fingerprint density at radius 3 is 1.83 bits per heavy atom. The molecule has 0 rings (SSSR count). The minimum absolute atomic E-state index is 0. The van der Waals surface area contributed by atoms with Gasteiger partial charge in [0.05, 0.1) is 0 Å². The van der Waals surface area contributed by atoms with Crippen LogP contribution in [0.15, 0.2) is 0 Å². The molecule has 0 atom stereocenters. The van der Waals surface area contributed by atoms with Crippen molar-refractivity contribution in [1.29, 1.82) is 0 Å². The molecule has 0 unspecified atom stereocenters. The maximum absolute atomic E-state index is 9.17. The molecule has 0 heterocycles. The Hall–Kier alpha value is 1.96. The standard InChI is InChI=1S/C3H6O.Ba.Ti.2H/c1-2-3-4;;;;/h3H,2H2,1H3;;;;.